The van der Waals surface area contributed by atoms with Gasteiger partial charge in [0, 0.05) is 13.0 Å². The molecule has 0 spiro atoms. The molecule has 298 valence electrons. The molecule has 1 saturated heterocycles. The first-order chi connectivity index (χ1) is 27.4. The number of hydrogen-bond donors (Lipinski definition) is 8. The molecule has 15 nitrogen and oxygen atoms in total. The van der Waals surface area contributed by atoms with E-state index in [1.54, 1.807) is 12.1 Å². The fourth-order valence-corrected chi connectivity index (χ4v) is 7.46. The van der Waals surface area contributed by atoms with Crippen molar-refractivity contribution in [2.24, 2.45) is 0 Å². The molecule has 0 aromatic heterocycles. The summed E-state index contributed by atoms with van der Waals surface area (Å²) in [7, 11) is 0. The van der Waals surface area contributed by atoms with E-state index in [9.17, 15) is 49.2 Å². The first-order valence-corrected chi connectivity index (χ1v) is 18.7. The summed E-state index contributed by atoms with van der Waals surface area (Å²) in [6.07, 6.45) is -0.655. The average molecular weight is 780 g/mol. The van der Waals surface area contributed by atoms with Crippen LogP contribution in [0.15, 0.2) is 78.9 Å². The van der Waals surface area contributed by atoms with Crippen molar-refractivity contribution in [3.8, 4) is 5.75 Å². The number of phenolic OH excluding ortho intramolecular Hbond substituents is 1. The van der Waals surface area contributed by atoms with E-state index in [4.69, 9.17) is 0 Å². The molecule has 8 N–H and O–H groups in total. The maximum absolute atomic E-state index is 13.9. The smallest absolute Gasteiger partial charge is 0.248 e. The standard InChI is InChI=1S/C42H45N5O10/c1-23(51)38(41(56)43-29(20-48)21-49)46-40(55)34-6-3-17-47(34)42(57)33(22-50)45-39(54)32(18-24-7-14-30(52)15-8-24)44-35(53)19-28-12-11-27-10-9-25-4-2-5-26-13-16-31(28)37(27)36(25)26/h2,4-5,7-16,20,23,29,32-34,38,49-52H,3,6,17-19,21-22H2,1H3,(H,43,56)(H,44,53)(H,45,54)(H,46,55)/t23-,29-,32+,33+,34+,38+/m1/s1. The maximum Gasteiger partial charge on any atom is 0.248 e. The highest BCUT2D eigenvalue weighted by Crippen LogP contribution is 2.36. The Morgan fingerprint density at radius 1 is 0.789 bits per heavy atom. The third-order valence-electron chi connectivity index (χ3n) is 10.4. The van der Waals surface area contributed by atoms with Gasteiger partial charge < -0.3 is 51.4 Å². The lowest BCUT2D eigenvalue weighted by Gasteiger charge is -2.30. The Labute approximate surface area is 327 Å². The molecule has 1 aliphatic heterocycles. The number of benzene rings is 5. The van der Waals surface area contributed by atoms with Gasteiger partial charge in [-0.1, -0.05) is 66.7 Å². The summed E-state index contributed by atoms with van der Waals surface area (Å²) in [4.78, 5) is 79.9. The van der Waals surface area contributed by atoms with E-state index in [1.807, 2.05) is 48.5 Å². The minimum absolute atomic E-state index is 0.00339. The zero-order valence-corrected chi connectivity index (χ0v) is 31.2. The first kappa shape index (κ1) is 40.5. The number of carbonyl (C=O) groups excluding carboxylic acids is 6. The molecule has 5 aromatic rings. The quantitative estimate of drug-likeness (QED) is 0.0512. The molecule has 0 saturated carbocycles. The molecule has 57 heavy (non-hydrogen) atoms. The van der Waals surface area contributed by atoms with Crippen LogP contribution >= 0.6 is 0 Å². The van der Waals surface area contributed by atoms with Crippen LogP contribution in [0.4, 0.5) is 0 Å². The minimum Gasteiger partial charge on any atom is -0.508 e. The van der Waals surface area contributed by atoms with E-state index < -0.39 is 79.1 Å². The van der Waals surface area contributed by atoms with Gasteiger partial charge in [0.15, 0.2) is 0 Å². The summed E-state index contributed by atoms with van der Waals surface area (Å²) < 4.78 is 0. The van der Waals surface area contributed by atoms with Crippen molar-refractivity contribution in [2.75, 3.05) is 19.8 Å². The van der Waals surface area contributed by atoms with Gasteiger partial charge >= 0.3 is 0 Å². The van der Waals surface area contributed by atoms with Crippen molar-refractivity contribution >= 4 is 68.1 Å². The predicted octanol–water partition coefficient (Wildman–Crippen LogP) is 0.569. The highest BCUT2D eigenvalue weighted by Gasteiger charge is 2.40. The van der Waals surface area contributed by atoms with Crippen LogP contribution in [0.5, 0.6) is 5.75 Å². The molecular formula is C42H45N5O10. The number of aliphatic hydroxyl groups excluding tert-OH is 3. The fraction of sp³-hybridized carbons (Fsp3) is 0.333. The molecule has 0 bridgehead atoms. The van der Waals surface area contributed by atoms with Crippen LogP contribution in [0.25, 0.3) is 32.3 Å². The number of nitrogens with zero attached hydrogens (tertiary/aromatic N) is 1. The largest absolute Gasteiger partial charge is 0.508 e. The van der Waals surface area contributed by atoms with Crippen molar-refractivity contribution in [1.82, 2.24) is 26.2 Å². The number of phenols is 1. The summed E-state index contributed by atoms with van der Waals surface area (Å²) in [5.74, 6) is -3.75. The van der Waals surface area contributed by atoms with Crippen LogP contribution in [0.1, 0.15) is 30.9 Å². The average Bonchev–Trinajstić information content (AvgIpc) is 3.71. The second-order valence-corrected chi connectivity index (χ2v) is 14.3. The highest BCUT2D eigenvalue weighted by atomic mass is 16.3. The minimum atomic E-state index is -1.52. The van der Waals surface area contributed by atoms with Crippen molar-refractivity contribution in [3.05, 3.63) is 90.0 Å². The lowest BCUT2D eigenvalue weighted by atomic mass is 9.91. The topological polar surface area (TPSA) is 235 Å². The number of hydrogen-bond acceptors (Lipinski definition) is 10. The Balaban J connectivity index is 1.18. The van der Waals surface area contributed by atoms with Gasteiger partial charge in [0.25, 0.3) is 0 Å². The first-order valence-electron chi connectivity index (χ1n) is 18.7. The molecule has 1 fully saturated rings. The molecule has 6 rings (SSSR count). The molecule has 0 radical (unpaired) electrons. The second-order valence-electron chi connectivity index (χ2n) is 14.3. The summed E-state index contributed by atoms with van der Waals surface area (Å²) >= 11 is 0. The molecule has 15 heteroatoms. The molecule has 0 unspecified atom stereocenters. The van der Waals surface area contributed by atoms with Gasteiger partial charge in [-0.05, 0) is 75.3 Å². The van der Waals surface area contributed by atoms with E-state index in [0.29, 0.717) is 18.3 Å². The van der Waals surface area contributed by atoms with E-state index in [-0.39, 0.29) is 31.6 Å². The number of carbonyl (C=O) groups is 6. The zero-order valence-electron chi connectivity index (χ0n) is 31.2. The summed E-state index contributed by atoms with van der Waals surface area (Å²) in [5.41, 5.74) is 1.34. The number of aromatic hydroxyl groups is 1. The third-order valence-corrected chi connectivity index (χ3v) is 10.4. The normalized spacial score (nSPS) is 16.8. The molecular weight excluding hydrogens is 734 g/mol. The number of aldehydes is 1. The Hall–Kier alpha value is -6.16. The van der Waals surface area contributed by atoms with Gasteiger partial charge in [-0.3, -0.25) is 24.0 Å². The van der Waals surface area contributed by atoms with Crippen LogP contribution in [0.2, 0.25) is 0 Å². The van der Waals surface area contributed by atoms with Crippen LogP contribution in [-0.2, 0) is 41.6 Å². The van der Waals surface area contributed by atoms with Gasteiger partial charge in [-0.15, -0.1) is 0 Å². The van der Waals surface area contributed by atoms with Gasteiger partial charge in [-0.25, -0.2) is 0 Å². The van der Waals surface area contributed by atoms with E-state index in [1.165, 1.54) is 19.1 Å². The van der Waals surface area contributed by atoms with Crippen molar-refractivity contribution in [2.45, 2.75) is 68.9 Å². The van der Waals surface area contributed by atoms with E-state index in [2.05, 4.69) is 27.3 Å². The van der Waals surface area contributed by atoms with E-state index in [0.717, 1.165) is 42.8 Å². The van der Waals surface area contributed by atoms with Crippen molar-refractivity contribution in [1.29, 1.82) is 0 Å². The third kappa shape index (κ3) is 8.96. The van der Waals surface area contributed by atoms with Crippen LogP contribution in [-0.4, -0.2) is 117 Å². The Morgan fingerprint density at radius 2 is 1.46 bits per heavy atom. The van der Waals surface area contributed by atoms with Gasteiger partial charge in [-0.2, -0.15) is 0 Å². The van der Waals surface area contributed by atoms with Crippen LogP contribution in [0, 0.1) is 0 Å². The SMILES string of the molecule is C[C@@H](O)[C@H](NC(=O)[C@@H]1CCCN1C(=O)[C@H](CO)NC(=O)[C@H](Cc1ccc(O)cc1)NC(=O)Cc1ccc2ccc3cccc4ccc1c2c34)C(=O)N[C@H](C=O)CO. The number of likely N-dealkylation sites (tertiary alicyclic amines) is 1. The van der Waals surface area contributed by atoms with Gasteiger partial charge in [0.1, 0.15) is 42.2 Å². The summed E-state index contributed by atoms with van der Waals surface area (Å²) in [5, 5.41) is 55.8. The van der Waals surface area contributed by atoms with Gasteiger partial charge in [0.2, 0.25) is 29.5 Å². The van der Waals surface area contributed by atoms with Gasteiger partial charge in [0.05, 0.1) is 25.7 Å². The van der Waals surface area contributed by atoms with Crippen LogP contribution < -0.4 is 21.3 Å². The lowest BCUT2D eigenvalue weighted by Crippen LogP contribution is -2.60. The summed E-state index contributed by atoms with van der Waals surface area (Å²) in [6.45, 7) is -0.215. The predicted molar refractivity (Wildman–Crippen MR) is 210 cm³/mol. The second kappa shape index (κ2) is 17.7. The van der Waals surface area contributed by atoms with Crippen molar-refractivity contribution in [3.63, 3.8) is 0 Å². The molecule has 1 heterocycles. The molecule has 6 atom stereocenters. The fourth-order valence-electron chi connectivity index (χ4n) is 7.46. The molecule has 0 aliphatic carbocycles. The van der Waals surface area contributed by atoms with Crippen molar-refractivity contribution < 1.29 is 49.2 Å². The maximum atomic E-state index is 13.9. The molecule has 5 aromatic carbocycles. The number of aliphatic hydroxyl groups is 3. The summed E-state index contributed by atoms with van der Waals surface area (Å²) in [6, 6.07) is 17.4. The monoisotopic (exact) mass is 779 g/mol. The highest BCUT2D eigenvalue weighted by molar-refractivity contribution is 6.23. The van der Waals surface area contributed by atoms with Crippen LogP contribution in [0.3, 0.4) is 0 Å². The number of amides is 5. The molecule has 5 amide bonds. The molecule has 1 aliphatic rings. The number of rotatable bonds is 16. The Morgan fingerprint density at radius 3 is 2.11 bits per heavy atom. The zero-order chi connectivity index (χ0) is 40.8. The lowest BCUT2D eigenvalue weighted by molar-refractivity contribution is -0.143. The Bertz CT molecular complexity index is 2260. The van der Waals surface area contributed by atoms with E-state index >= 15 is 0 Å². The Kier molecular flexibility index (Phi) is 12.6. The number of nitrogens with one attached hydrogen (secondary N) is 4.